The first-order chi connectivity index (χ1) is 13.0. The van der Waals surface area contributed by atoms with E-state index in [-0.39, 0.29) is 6.03 Å². The molecule has 2 aromatic rings. The monoisotopic (exact) mass is 386 g/mol. The molecule has 0 saturated carbocycles. The maximum Gasteiger partial charge on any atom is 0.321 e. The molecule has 0 bridgehead atoms. The summed E-state index contributed by atoms with van der Waals surface area (Å²) >= 11 is 6.04. The number of urea groups is 1. The van der Waals surface area contributed by atoms with E-state index in [2.05, 4.69) is 16.3 Å². The van der Waals surface area contributed by atoms with Crippen LogP contribution in [0.3, 0.4) is 0 Å². The Bertz CT molecular complexity index is 755. The maximum absolute atomic E-state index is 12.5. The smallest absolute Gasteiger partial charge is 0.321 e. The molecule has 2 aromatic carbocycles. The fourth-order valence-corrected chi connectivity index (χ4v) is 3.41. The van der Waals surface area contributed by atoms with Crippen LogP contribution in [-0.4, -0.2) is 62.7 Å². The second kappa shape index (κ2) is 9.11. The van der Waals surface area contributed by atoms with Crippen molar-refractivity contribution in [3.05, 3.63) is 59.1 Å². The van der Waals surface area contributed by atoms with Crippen molar-refractivity contribution in [1.82, 2.24) is 9.80 Å². The van der Waals surface area contributed by atoms with Crippen molar-refractivity contribution < 1.29 is 4.79 Å². The standard InChI is InChI=1S/C21H27ClN4O/c1-24(2)20-8-6-19(7-9-20)23-21(27)26-14-12-25(13-15-26)11-10-17-4-3-5-18(22)16-17/h3-9,16H,10-15H2,1-2H3,(H,23,27). The number of anilines is 2. The van der Waals surface area contributed by atoms with Crippen LogP contribution in [0.25, 0.3) is 0 Å². The third-order valence-corrected chi connectivity index (χ3v) is 5.14. The predicted octanol–water partition coefficient (Wildman–Crippen LogP) is 3.80. The quantitative estimate of drug-likeness (QED) is 0.849. The number of nitrogens with zero attached hydrogens (tertiary/aromatic N) is 3. The number of hydrogen-bond acceptors (Lipinski definition) is 3. The molecule has 0 spiro atoms. The van der Waals surface area contributed by atoms with Crippen LogP contribution in [0.5, 0.6) is 0 Å². The molecule has 1 saturated heterocycles. The van der Waals surface area contributed by atoms with Crippen LogP contribution in [-0.2, 0) is 6.42 Å². The predicted molar refractivity (Wildman–Crippen MR) is 113 cm³/mol. The molecule has 1 heterocycles. The average Bonchev–Trinajstić information content (AvgIpc) is 2.67. The number of carbonyl (C=O) groups excluding carboxylic acids is 1. The van der Waals surface area contributed by atoms with Crippen LogP contribution in [0.15, 0.2) is 48.5 Å². The van der Waals surface area contributed by atoms with Crippen LogP contribution >= 0.6 is 11.6 Å². The Labute approximate surface area is 166 Å². The van der Waals surface area contributed by atoms with E-state index >= 15 is 0 Å². The SMILES string of the molecule is CN(C)c1ccc(NC(=O)N2CCN(CCc3cccc(Cl)c3)CC2)cc1. The third-order valence-electron chi connectivity index (χ3n) is 4.90. The van der Waals surface area contributed by atoms with E-state index in [0.29, 0.717) is 0 Å². The first-order valence-corrected chi connectivity index (χ1v) is 9.69. The highest BCUT2D eigenvalue weighted by Crippen LogP contribution is 2.17. The van der Waals surface area contributed by atoms with Gasteiger partial charge in [-0.05, 0) is 48.4 Å². The summed E-state index contributed by atoms with van der Waals surface area (Å²) in [4.78, 5) is 18.8. The summed E-state index contributed by atoms with van der Waals surface area (Å²) in [5, 5.41) is 3.78. The molecule has 6 heteroatoms. The Morgan fingerprint density at radius 1 is 1.07 bits per heavy atom. The van der Waals surface area contributed by atoms with Crippen LogP contribution < -0.4 is 10.2 Å². The van der Waals surface area contributed by atoms with Crippen LogP contribution in [0.4, 0.5) is 16.2 Å². The molecule has 27 heavy (non-hydrogen) atoms. The Balaban J connectivity index is 1.43. The Kier molecular flexibility index (Phi) is 6.58. The van der Waals surface area contributed by atoms with Crippen molar-refractivity contribution in [2.45, 2.75) is 6.42 Å². The molecule has 3 rings (SSSR count). The summed E-state index contributed by atoms with van der Waals surface area (Å²) in [6, 6.07) is 15.9. The van der Waals surface area contributed by atoms with E-state index in [0.717, 1.165) is 55.5 Å². The summed E-state index contributed by atoms with van der Waals surface area (Å²) in [5.41, 5.74) is 3.19. The molecular weight excluding hydrogens is 360 g/mol. The zero-order chi connectivity index (χ0) is 19.2. The topological polar surface area (TPSA) is 38.8 Å². The second-order valence-electron chi connectivity index (χ2n) is 7.08. The van der Waals surface area contributed by atoms with Gasteiger partial charge in [0.05, 0.1) is 0 Å². The van der Waals surface area contributed by atoms with E-state index in [1.165, 1.54) is 5.56 Å². The number of rotatable bonds is 5. The summed E-state index contributed by atoms with van der Waals surface area (Å²) in [7, 11) is 4.00. The number of nitrogens with one attached hydrogen (secondary N) is 1. The number of halogens is 1. The van der Waals surface area contributed by atoms with Crippen molar-refractivity contribution in [2.75, 3.05) is 57.0 Å². The molecule has 1 N–H and O–H groups in total. The zero-order valence-electron chi connectivity index (χ0n) is 16.0. The number of piperazine rings is 1. The van der Waals surface area contributed by atoms with Gasteiger partial charge in [-0.2, -0.15) is 0 Å². The van der Waals surface area contributed by atoms with Crippen molar-refractivity contribution in [1.29, 1.82) is 0 Å². The normalized spacial score (nSPS) is 14.9. The average molecular weight is 387 g/mol. The molecule has 0 radical (unpaired) electrons. The van der Waals surface area contributed by atoms with Gasteiger partial charge in [-0.15, -0.1) is 0 Å². The molecule has 0 atom stereocenters. The first-order valence-electron chi connectivity index (χ1n) is 9.31. The van der Waals surface area contributed by atoms with Gasteiger partial charge in [0.25, 0.3) is 0 Å². The molecule has 0 aliphatic carbocycles. The van der Waals surface area contributed by atoms with Gasteiger partial charge in [0.2, 0.25) is 0 Å². The minimum atomic E-state index is -0.0258. The highest BCUT2D eigenvalue weighted by atomic mass is 35.5. The number of carbonyl (C=O) groups is 1. The number of amides is 2. The molecule has 1 aliphatic rings. The Morgan fingerprint density at radius 3 is 2.41 bits per heavy atom. The minimum absolute atomic E-state index is 0.0258. The van der Waals surface area contributed by atoms with E-state index in [4.69, 9.17) is 11.6 Å². The molecule has 0 unspecified atom stereocenters. The zero-order valence-corrected chi connectivity index (χ0v) is 16.7. The molecule has 2 amide bonds. The van der Waals surface area contributed by atoms with Gasteiger partial charge in [-0.1, -0.05) is 23.7 Å². The minimum Gasteiger partial charge on any atom is -0.378 e. The lowest BCUT2D eigenvalue weighted by molar-refractivity contribution is 0.148. The third kappa shape index (κ3) is 5.62. The lowest BCUT2D eigenvalue weighted by atomic mass is 10.1. The maximum atomic E-state index is 12.5. The molecular formula is C21H27ClN4O. The van der Waals surface area contributed by atoms with Crippen molar-refractivity contribution >= 4 is 29.0 Å². The highest BCUT2D eigenvalue weighted by molar-refractivity contribution is 6.30. The van der Waals surface area contributed by atoms with Gasteiger partial charge in [-0.3, -0.25) is 4.90 Å². The van der Waals surface area contributed by atoms with Crippen molar-refractivity contribution in [2.24, 2.45) is 0 Å². The summed E-state index contributed by atoms with van der Waals surface area (Å²) in [6.07, 6.45) is 0.977. The van der Waals surface area contributed by atoms with Gasteiger partial charge < -0.3 is 15.1 Å². The van der Waals surface area contributed by atoms with Crippen LogP contribution in [0.1, 0.15) is 5.56 Å². The van der Waals surface area contributed by atoms with Gasteiger partial charge in [0.15, 0.2) is 0 Å². The van der Waals surface area contributed by atoms with Crippen LogP contribution in [0.2, 0.25) is 5.02 Å². The van der Waals surface area contributed by atoms with E-state index in [1.54, 1.807) is 0 Å². The van der Waals surface area contributed by atoms with Gasteiger partial charge in [0.1, 0.15) is 0 Å². The first kappa shape index (κ1) is 19.5. The summed E-state index contributed by atoms with van der Waals surface area (Å²) in [5.74, 6) is 0. The van der Waals surface area contributed by atoms with Crippen molar-refractivity contribution in [3.8, 4) is 0 Å². The molecule has 0 aromatic heterocycles. The molecule has 1 fully saturated rings. The number of hydrogen-bond donors (Lipinski definition) is 1. The van der Waals surface area contributed by atoms with E-state index in [9.17, 15) is 4.79 Å². The van der Waals surface area contributed by atoms with E-state index in [1.807, 2.05) is 66.4 Å². The highest BCUT2D eigenvalue weighted by Gasteiger charge is 2.20. The molecule has 144 valence electrons. The van der Waals surface area contributed by atoms with Gasteiger partial charge in [-0.25, -0.2) is 4.79 Å². The second-order valence-corrected chi connectivity index (χ2v) is 7.52. The Morgan fingerprint density at radius 2 is 1.78 bits per heavy atom. The fourth-order valence-electron chi connectivity index (χ4n) is 3.20. The summed E-state index contributed by atoms with van der Waals surface area (Å²) < 4.78 is 0. The number of benzene rings is 2. The molecule has 1 aliphatic heterocycles. The Hall–Kier alpha value is -2.24. The largest absolute Gasteiger partial charge is 0.378 e. The van der Waals surface area contributed by atoms with Crippen LogP contribution in [0, 0.1) is 0 Å². The lowest BCUT2D eigenvalue weighted by Gasteiger charge is -2.34. The van der Waals surface area contributed by atoms with E-state index < -0.39 is 0 Å². The van der Waals surface area contributed by atoms with Gasteiger partial charge >= 0.3 is 6.03 Å². The van der Waals surface area contributed by atoms with Gasteiger partial charge in [0, 0.05) is 63.2 Å². The lowest BCUT2D eigenvalue weighted by Crippen LogP contribution is -2.50. The molecule has 5 nitrogen and oxygen atoms in total. The summed E-state index contributed by atoms with van der Waals surface area (Å²) in [6.45, 7) is 4.28. The van der Waals surface area contributed by atoms with Crippen molar-refractivity contribution in [3.63, 3.8) is 0 Å². The fraction of sp³-hybridized carbons (Fsp3) is 0.381.